The van der Waals surface area contributed by atoms with Gasteiger partial charge in [-0.05, 0) is 12.8 Å². The minimum Gasteiger partial charge on any atom is -0.447 e. The quantitative estimate of drug-likeness (QED) is 0.458. The number of carbonyl (C=O) groups is 2. The van der Waals surface area contributed by atoms with Gasteiger partial charge in [0.15, 0.2) is 0 Å². The molecule has 0 aliphatic carbocycles. The van der Waals surface area contributed by atoms with Gasteiger partial charge in [0.2, 0.25) is 0 Å². The Balaban J connectivity index is 3.53. The summed E-state index contributed by atoms with van der Waals surface area (Å²) in [6.45, 7) is 4.72. The summed E-state index contributed by atoms with van der Waals surface area (Å²) in [4.78, 5) is 22.1. The van der Waals surface area contributed by atoms with Crippen molar-refractivity contribution in [3.63, 3.8) is 0 Å². The van der Waals surface area contributed by atoms with Gasteiger partial charge in [0.05, 0.1) is 13.2 Å². The van der Waals surface area contributed by atoms with Gasteiger partial charge in [-0.1, -0.05) is 56.2 Å². The molecule has 0 unspecified atom stereocenters. The maximum atomic E-state index is 11.1. The predicted molar refractivity (Wildman–Crippen MR) is 71.2 cm³/mol. The second kappa shape index (κ2) is 13.0. The summed E-state index contributed by atoms with van der Waals surface area (Å²) in [7, 11) is 0. The molecule has 0 rings (SSSR count). The molecule has 0 bridgehead atoms. The van der Waals surface area contributed by atoms with Crippen molar-refractivity contribution in [2.24, 2.45) is 10.2 Å². The Kier molecular flexibility index (Phi) is 12.0. The summed E-state index contributed by atoms with van der Waals surface area (Å²) in [5.74, 6) is 0. The smallest absolute Gasteiger partial charge is 0.447 e. The maximum Gasteiger partial charge on any atom is 0.452 e. The third-order valence-electron chi connectivity index (χ3n) is 2.41. The van der Waals surface area contributed by atoms with Gasteiger partial charge in [-0.15, -0.1) is 0 Å². The third kappa shape index (κ3) is 12.8. The van der Waals surface area contributed by atoms with Crippen LogP contribution in [-0.4, -0.2) is 25.4 Å². The van der Waals surface area contributed by atoms with E-state index < -0.39 is 12.2 Å². The summed E-state index contributed by atoms with van der Waals surface area (Å²) >= 11 is 0. The van der Waals surface area contributed by atoms with Crippen LogP contribution >= 0.6 is 0 Å². The van der Waals surface area contributed by atoms with Crippen LogP contribution in [0, 0.1) is 0 Å². The van der Waals surface area contributed by atoms with E-state index in [0.29, 0.717) is 13.2 Å². The van der Waals surface area contributed by atoms with Gasteiger partial charge in [-0.25, -0.2) is 9.59 Å². The van der Waals surface area contributed by atoms with E-state index >= 15 is 0 Å². The van der Waals surface area contributed by atoms with Crippen LogP contribution < -0.4 is 0 Å². The number of amides is 2. The molecule has 0 atom stereocenters. The molecule has 0 fully saturated rings. The highest BCUT2D eigenvalue weighted by molar-refractivity contribution is 5.73. The Hall–Kier alpha value is -1.46. The zero-order valence-corrected chi connectivity index (χ0v) is 11.9. The Bertz CT molecular complexity index is 280. The number of hydrogen-bond donors (Lipinski definition) is 0. The van der Waals surface area contributed by atoms with Crippen molar-refractivity contribution in [1.82, 2.24) is 0 Å². The van der Waals surface area contributed by atoms with Gasteiger partial charge in [0.1, 0.15) is 0 Å². The zero-order chi connectivity index (χ0) is 14.3. The molecule has 19 heavy (non-hydrogen) atoms. The minimum absolute atomic E-state index is 0.292. The molecule has 0 saturated carbocycles. The van der Waals surface area contributed by atoms with E-state index in [-0.39, 0.29) is 0 Å². The maximum absolute atomic E-state index is 11.1. The molecule has 0 spiro atoms. The largest absolute Gasteiger partial charge is 0.452 e. The fraction of sp³-hybridized carbons (Fsp3) is 0.846. The second-order valence-corrected chi connectivity index (χ2v) is 4.20. The Morgan fingerprint density at radius 2 is 1.21 bits per heavy atom. The van der Waals surface area contributed by atoms with Crippen molar-refractivity contribution in [3.8, 4) is 0 Å². The van der Waals surface area contributed by atoms with Gasteiger partial charge in [-0.2, -0.15) is 0 Å². The Morgan fingerprint density at radius 3 is 1.74 bits per heavy atom. The molecule has 0 radical (unpaired) electrons. The van der Waals surface area contributed by atoms with Crippen molar-refractivity contribution in [1.29, 1.82) is 0 Å². The number of azo groups is 1. The van der Waals surface area contributed by atoms with Crippen LogP contribution in [0.4, 0.5) is 9.59 Å². The normalized spacial score (nSPS) is 10.6. The van der Waals surface area contributed by atoms with Crippen LogP contribution in [0.2, 0.25) is 0 Å². The SMILES string of the molecule is CCCCCCCOC(=O)/N=N/C(=O)OCCCC. The van der Waals surface area contributed by atoms with Gasteiger partial charge < -0.3 is 9.47 Å². The topological polar surface area (TPSA) is 77.3 Å². The molecule has 0 aromatic carbocycles. The van der Waals surface area contributed by atoms with Gasteiger partial charge in [-0.3, -0.25) is 0 Å². The summed E-state index contributed by atoms with van der Waals surface area (Å²) in [6.07, 6.45) is 5.33. The highest BCUT2D eigenvalue weighted by Crippen LogP contribution is 2.02. The van der Waals surface area contributed by atoms with Crippen molar-refractivity contribution >= 4 is 12.2 Å². The zero-order valence-electron chi connectivity index (χ0n) is 11.9. The van der Waals surface area contributed by atoms with Crippen molar-refractivity contribution in [2.75, 3.05) is 13.2 Å². The minimum atomic E-state index is -0.853. The molecule has 110 valence electrons. The molecule has 6 heteroatoms. The first kappa shape index (κ1) is 17.5. The number of hydrogen-bond acceptors (Lipinski definition) is 4. The first-order valence-corrected chi connectivity index (χ1v) is 6.96. The summed E-state index contributed by atoms with van der Waals surface area (Å²) in [5, 5.41) is 6.24. The van der Waals surface area contributed by atoms with E-state index in [1.807, 2.05) is 6.92 Å². The standard InChI is InChI=1S/C13H24N2O4/c1-3-5-7-8-9-11-19-13(17)15-14-12(16)18-10-6-4-2/h3-11H2,1-2H3/b15-14+. The molecular weight excluding hydrogens is 248 g/mol. The highest BCUT2D eigenvalue weighted by atomic mass is 16.6. The van der Waals surface area contributed by atoms with Gasteiger partial charge in [0.25, 0.3) is 0 Å². The molecule has 0 N–H and O–H groups in total. The average molecular weight is 272 g/mol. The van der Waals surface area contributed by atoms with Crippen LogP contribution in [0.25, 0.3) is 0 Å². The van der Waals surface area contributed by atoms with E-state index in [4.69, 9.17) is 9.47 Å². The molecular formula is C13H24N2O4. The van der Waals surface area contributed by atoms with E-state index in [1.54, 1.807) is 0 Å². The number of unbranched alkanes of at least 4 members (excludes halogenated alkanes) is 5. The molecule has 0 saturated heterocycles. The fourth-order valence-electron chi connectivity index (χ4n) is 1.31. The lowest BCUT2D eigenvalue weighted by Crippen LogP contribution is -2.03. The second-order valence-electron chi connectivity index (χ2n) is 4.20. The number of ether oxygens (including phenoxy) is 2. The summed E-state index contributed by atoms with van der Waals surface area (Å²) in [6, 6.07) is 0. The van der Waals surface area contributed by atoms with Crippen LogP contribution in [-0.2, 0) is 9.47 Å². The van der Waals surface area contributed by atoms with Crippen molar-refractivity contribution < 1.29 is 19.1 Å². The van der Waals surface area contributed by atoms with Gasteiger partial charge in [0, 0.05) is 0 Å². The predicted octanol–water partition coefficient (Wildman–Crippen LogP) is 4.48. The van der Waals surface area contributed by atoms with Crippen LogP contribution in [0.5, 0.6) is 0 Å². The third-order valence-corrected chi connectivity index (χ3v) is 2.41. The molecule has 0 aliphatic rings. The molecule has 6 nitrogen and oxygen atoms in total. The Morgan fingerprint density at radius 1 is 0.737 bits per heavy atom. The lowest BCUT2D eigenvalue weighted by atomic mass is 10.2. The van der Waals surface area contributed by atoms with Crippen LogP contribution in [0.3, 0.4) is 0 Å². The summed E-state index contributed by atoms with van der Waals surface area (Å²) in [5.41, 5.74) is 0. The van der Waals surface area contributed by atoms with E-state index in [9.17, 15) is 9.59 Å². The lowest BCUT2D eigenvalue weighted by molar-refractivity contribution is 0.144. The van der Waals surface area contributed by atoms with Gasteiger partial charge >= 0.3 is 12.2 Å². The number of nitrogens with zero attached hydrogens (tertiary/aromatic N) is 2. The first-order valence-electron chi connectivity index (χ1n) is 6.96. The van der Waals surface area contributed by atoms with Crippen LogP contribution in [0.15, 0.2) is 10.2 Å². The first-order chi connectivity index (χ1) is 9.20. The number of rotatable bonds is 9. The molecule has 0 heterocycles. The van der Waals surface area contributed by atoms with Crippen LogP contribution in [0.1, 0.15) is 58.8 Å². The molecule has 0 aliphatic heterocycles. The van der Waals surface area contributed by atoms with Crippen molar-refractivity contribution in [3.05, 3.63) is 0 Å². The van der Waals surface area contributed by atoms with Crippen molar-refractivity contribution in [2.45, 2.75) is 58.8 Å². The summed E-state index contributed by atoms with van der Waals surface area (Å²) < 4.78 is 9.49. The molecule has 0 aromatic rings. The highest BCUT2D eigenvalue weighted by Gasteiger charge is 2.03. The fourth-order valence-corrected chi connectivity index (χ4v) is 1.31. The van der Waals surface area contributed by atoms with E-state index in [2.05, 4.69) is 17.2 Å². The lowest BCUT2D eigenvalue weighted by Gasteiger charge is -2.00. The molecule has 0 aromatic heterocycles. The number of carbonyl (C=O) groups excluding carboxylic acids is 2. The van der Waals surface area contributed by atoms with E-state index in [0.717, 1.165) is 32.1 Å². The Labute approximate surface area is 114 Å². The van der Waals surface area contributed by atoms with E-state index in [1.165, 1.54) is 12.8 Å². The molecule has 2 amide bonds. The monoisotopic (exact) mass is 272 g/mol. The average Bonchev–Trinajstić information content (AvgIpc) is 2.40.